The first-order chi connectivity index (χ1) is 10.1. The Morgan fingerprint density at radius 2 is 1.90 bits per heavy atom. The number of likely N-dealkylation sites (tertiary alicyclic amines) is 1. The lowest BCUT2D eigenvalue weighted by Gasteiger charge is -2.25. The molecule has 2 rings (SSSR count). The van der Waals surface area contributed by atoms with E-state index in [0.717, 1.165) is 38.5 Å². The van der Waals surface area contributed by atoms with Crippen LogP contribution in [-0.4, -0.2) is 52.3 Å². The van der Waals surface area contributed by atoms with Gasteiger partial charge in [-0.3, -0.25) is 4.79 Å². The summed E-state index contributed by atoms with van der Waals surface area (Å²) in [5.41, 5.74) is 0. The van der Waals surface area contributed by atoms with Crippen molar-refractivity contribution in [1.82, 2.24) is 10.2 Å². The van der Waals surface area contributed by atoms with Crippen LogP contribution >= 0.6 is 0 Å². The zero-order valence-corrected chi connectivity index (χ0v) is 12.5. The lowest BCUT2D eigenvalue weighted by Crippen LogP contribution is -2.48. The molecule has 21 heavy (non-hydrogen) atoms. The van der Waals surface area contributed by atoms with E-state index in [9.17, 15) is 14.7 Å². The van der Waals surface area contributed by atoms with Gasteiger partial charge in [-0.1, -0.05) is 19.3 Å². The number of carboxylic acids is 1. The van der Waals surface area contributed by atoms with Gasteiger partial charge in [-0.15, -0.1) is 0 Å². The quantitative estimate of drug-likeness (QED) is 0.687. The zero-order chi connectivity index (χ0) is 15.2. The number of carbonyl (C=O) groups is 2. The van der Waals surface area contributed by atoms with Crippen molar-refractivity contribution in [2.75, 3.05) is 13.1 Å². The van der Waals surface area contributed by atoms with Crippen molar-refractivity contribution in [3.8, 4) is 0 Å². The number of carbonyl (C=O) groups excluding carboxylic acids is 1. The first-order valence-corrected chi connectivity index (χ1v) is 8.01. The number of hydrogen-bond donors (Lipinski definition) is 3. The first kappa shape index (κ1) is 16.1. The Bertz CT molecular complexity index is 375. The molecule has 3 unspecified atom stereocenters. The van der Waals surface area contributed by atoms with E-state index >= 15 is 0 Å². The van der Waals surface area contributed by atoms with E-state index in [1.807, 2.05) is 0 Å². The molecule has 1 aliphatic carbocycles. The number of nitrogens with one attached hydrogen (secondary N) is 1. The molecule has 6 nitrogen and oxygen atoms in total. The molecule has 2 amide bonds. The lowest BCUT2D eigenvalue weighted by atomic mass is 10.0. The molecule has 1 saturated heterocycles. The molecule has 1 aliphatic heterocycles. The van der Waals surface area contributed by atoms with Gasteiger partial charge in [0.1, 0.15) is 0 Å². The summed E-state index contributed by atoms with van der Waals surface area (Å²) in [7, 11) is 0. The Hall–Kier alpha value is -1.30. The summed E-state index contributed by atoms with van der Waals surface area (Å²) in [6, 6.07) is -0.253. The minimum Gasteiger partial charge on any atom is -0.481 e. The molecule has 120 valence electrons. The topological polar surface area (TPSA) is 89.9 Å². The maximum Gasteiger partial charge on any atom is 0.317 e. The standard InChI is InChI=1S/C15H26N2O4/c18-13-5-3-1-2-4-12(13)16-15(21)17-9-8-11(10-17)6-7-14(19)20/h11-13,18H,1-10H2,(H,16,21)(H,19,20). The van der Waals surface area contributed by atoms with Gasteiger partial charge in [-0.2, -0.15) is 0 Å². The summed E-state index contributed by atoms with van der Waals surface area (Å²) in [5.74, 6) is -0.495. The molecule has 6 heteroatoms. The summed E-state index contributed by atoms with van der Waals surface area (Å²) < 4.78 is 0. The van der Waals surface area contributed by atoms with Crippen LogP contribution in [0, 0.1) is 5.92 Å². The van der Waals surface area contributed by atoms with E-state index in [1.54, 1.807) is 4.90 Å². The SMILES string of the molecule is O=C(O)CCC1CCN(C(=O)NC2CCCCCC2O)C1. The highest BCUT2D eigenvalue weighted by Gasteiger charge is 2.29. The Balaban J connectivity index is 1.77. The number of urea groups is 1. The average Bonchev–Trinajstić information content (AvgIpc) is 2.83. The van der Waals surface area contributed by atoms with E-state index in [-0.39, 0.29) is 24.4 Å². The fourth-order valence-corrected chi connectivity index (χ4v) is 3.29. The van der Waals surface area contributed by atoms with Crippen molar-refractivity contribution in [1.29, 1.82) is 0 Å². The fourth-order valence-electron chi connectivity index (χ4n) is 3.29. The van der Waals surface area contributed by atoms with E-state index in [4.69, 9.17) is 5.11 Å². The zero-order valence-electron chi connectivity index (χ0n) is 12.5. The van der Waals surface area contributed by atoms with Crippen LogP contribution < -0.4 is 5.32 Å². The van der Waals surface area contributed by atoms with Gasteiger partial charge < -0.3 is 20.4 Å². The second kappa shape index (κ2) is 7.64. The summed E-state index contributed by atoms with van der Waals surface area (Å²) in [6.45, 7) is 1.31. The number of carboxylic acid groups (broad SMARTS) is 1. The van der Waals surface area contributed by atoms with Crippen LogP contribution in [0.5, 0.6) is 0 Å². The van der Waals surface area contributed by atoms with Crippen molar-refractivity contribution >= 4 is 12.0 Å². The van der Waals surface area contributed by atoms with Crippen LogP contribution in [0.3, 0.4) is 0 Å². The minimum atomic E-state index is -0.778. The molecular formula is C15H26N2O4. The van der Waals surface area contributed by atoms with Gasteiger partial charge in [0, 0.05) is 19.5 Å². The number of aliphatic carboxylic acids is 1. The van der Waals surface area contributed by atoms with Gasteiger partial charge in [0.05, 0.1) is 12.1 Å². The average molecular weight is 298 g/mol. The van der Waals surface area contributed by atoms with Crippen LogP contribution in [0.25, 0.3) is 0 Å². The van der Waals surface area contributed by atoms with Gasteiger partial charge in [-0.25, -0.2) is 4.79 Å². The Labute approximate surface area is 125 Å². The smallest absolute Gasteiger partial charge is 0.317 e. The number of rotatable bonds is 4. The van der Waals surface area contributed by atoms with Crippen LogP contribution in [0.1, 0.15) is 51.4 Å². The largest absolute Gasteiger partial charge is 0.481 e. The second-order valence-corrected chi connectivity index (χ2v) is 6.29. The van der Waals surface area contributed by atoms with Crippen molar-refractivity contribution in [3.05, 3.63) is 0 Å². The highest BCUT2D eigenvalue weighted by Crippen LogP contribution is 2.22. The number of amides is 2. The van der Waals surface area contributed by atoms with E-state index in [1.165, 1.54) is 0 Å². The molecule has 0 aromatic carbocycles. The summed E-state index contributed by atoms with van der Waals surface area (Å²) in [6.07, 6.45) is 6.00. The highest BCUT2D eigenvalue weighted by atomic mass is 16.4. The Kier molecular flexibility index (Phi) is 5.85. The molecule has 0 bridgehead atoms. The molecule has 3 N–H and O–H groups in total. The van der Waals surface area contributed by atoms with Gasteiger partial charge >= 0.3 is 12.0 Å². The predicted molar refractivity (Wildman–Crippen MR) is 78.0 cm³/mol. The Morgan fingerprint density at radius 3 is 2.67 bits per heavy atom. The molecule has 1 saturated carbocycles. The van der Waals surface area contributed by atoms with Crippen LogP contribution in [-0.2, 0) is 4.79 Å². The second-order valence-electron chi connectivity index (χ2n) is 6.29. The first-order valence-electron chi connectivity index (χ1n) is 8.01. The van der Waals surface area contributed by atoms with Crippen LogP contribution in [0.15, 0.2) is 0 Å². The summed E-state index contributed by atoms with van der Waals surface area (Å²) in [4.78, 5) is 24.6. The summed E-state index contributed by atoms with van der Waals surface area (Å²) >= 11 is 0. The third-order valence-corrected chi connectivity index (χ3v) is 4.63. The molecule has 2 fully saturated rings. The molecule has 1 heterocycles. The number of aliphatic hydroxyl groups is 1. The third kappa shape index (κ3) is 4.88. The van der Waals surface area contributed by atoms with E-state index < -0.39 is 12.1 Å². The molecule has 0 aromatic heterocycles. The lowest BCUT2D eigenvalue weighted by molar-refractivity contribution is -0.137. The van der Waals surface area contributed by atoms with Crippen LogP contribution in [0.4, 0.5) is 4.79 Å². The molecule has 0 radical (unpaired) electrons. The van der Waals surface area contributed by atoms with Crippen molar-refractivity contribution in [3.63, 3.8) is 0 Å². The van der Waals surface area contributed by atoms with Crippen molar-refractivity contribution in [2.24, 2.45) is 5.92 Å². The number of aliphatic hydroxyl groups excluding tert-OH is 1. The highest BCUT2D eigenvalue weighted by molar-refractivity contribution is 5.75. The van der Waals surface area contributed by atoms with Gasteiger partial charge in [0.15, 0.2) is 0 Å². The number of hydrogen-bond acceptors (Lipinski definition) is 3. The predicted octanol–water partition coefficient (Wildman–Crippen LogP) is 1.58. The van der Waals surface area contributed by atoms with Gasteiger partial charge in [0.25, 0.3) is 0 Å². The van der Waals surface area contributed by atoms with E-state index in [0.29, 0.717) is 19.5 Å². The monoisotopic (exact) mass is 298 g/mol. The number of nitrogens with zero attached hydrogens (tertiary/aromatic N) is 1. The molecule has 3 atom stereocenters. The fraction of sp³-hybridized carbons (Fsp3) is 0.867. The molecule has 2 aliphatic rings. The summed E-state index contributed by atoms with van der Waals surface area (Å²) in [5, 5.41) is 21.7. The molecular weight excluding hydrogens is 272 g/mol. The maximum absolute atomic E-state index is 12.2. The molecule has 0 spiro atoms. The molecule has 0 aromatic rings. The van der Waals surface area contributed by atoms with Crippen molar-refractivity contribution < 1.29 is 19.8 Å². The van der Waals surface area contributed by atoms with Gasteiger partial charge in [0.2, 0.25) is 0 Å². The maximum atomic E-state index is 12.2. The third-order valence-electron chi connectivity index (χ3n) is 4.63. The Morgan fingerprint density at radius 1 is 1.14 bits per heavy atom. The van der Waals surface area contributed by atoms with E-state index in [2.05, 4.69) is 5.32 Å². The van der Waals surface area contributed by atoms with Crippen LogP contribution in [0.2, 0.25) is 0 Å². The van der Waals surface area contributed by atoms with Crippen molar-refractivity contribution in [2.45, 2.75) is 63.5 Å². The normalized spacial score (nSPS) is 30.0. The van der Waals surface area contributed by atoms with Gasteiger partial charge in [-0.05, 0) is 31.6 Å². The minimum absolute atomic E-state index is 0.112.